The summed E-state index contributed by atoms with van der Waals surface area (Å²) < 4.78 is 11.0. The second-order valence-corrected chi connectivity index (χ2v) is 11.5. The number of nitrogens with zero attached hydrogens (tertiary/aromatic N) is 3. The van der Waals surface area contributed by atoms with Crippen LogP contribution in [-0.4, -0.2) is 84.0 Å². The van der Waals surface area contributed by atoms with Crippen LogP contribution in [0.15, 0.2) is 54.7 Å². The van der Waals surface area contributed by atoms with Crippen LogP contribution in [0.3, 0.4) is 0 Å². The van der Waals surface area contributed by atoms with Crippen LogP contribution in [0.4, 0.5) is 0 Å². The molecule has 2 saturated heterocycles. The SMILES string of the molecule is COc1ccc2ncc(CN3CCOCC3)c(C(O)CCC3(C(=O)O)CCN(CCCc4ccccc4)CC3)c2c1. The molecule has 2 aliphatic rings. The van der Waals surface area contributed by atoms with Crippen LogP contribution >= 0.6 is 0 Å². The third-order valence-corrected chi connectivity index (χ3v) is 8.98. The second kappa shape index (κ2) is 13.7. The number of aromatic nitrogens is 1. The van der Waals surface area contributed by atoms with Crippen LogP contribution in [0, 0.1) is 5.41 Å². The lowest BCUT2D eigenvalue weighted by Gasteiger charge is -2.39. The molecule has 5 rings (SSSR count). The molecule has 0 amide bonds. The number of likely N-dealkylation sites (tertiary alicyclic amines) is 1. The fourth-order valence-corrected chi connectivity index (χ4v) is 6.36. The van der Waals surface area contributed by atoms with Crippen molar-refractivity contribution in [3.63, 3.8) is 0 Å². The predicted octanol–water partition coefficient (Wildman–Crippen LogP) is 4.69. The molecule has 2 N–H and O–H groups in total. The highest BCUT2D eigenvalue weighted by Crippen LogP contribution is 2.40. The van der Waals surface area contributed by atoms with Gasteiger partial charge in [-0.3, -0.25) is 14.7 Å². The van der Waals surface area contributed by atoms with E-state index >= 15 is 0 Å². The van der Waals surface area contributed by atoms with Gasteiger partial charge in [0.15, 0.2) is 0 Å². The number of carbonyl (C=O) groups is 1. The number of pyridine rings is 1. The number of rotatable bonds is 12. The van der Waals surface area contributed by atoms with E-state index in [0.29, 0.717) is 51.2 Å². The molecular weight excluding hydrogens is 518 g/mol. The Morgan fingerprint density at radius 1 is 1.07 bits per heavy atom. The molecule has 0 spiro atoms. The summed E-state index contributed by atoms with van der Waals surface area (Å²) in [7, 11) is 1.63. The van der Waals surface area contributed by atoms with E-state index in [1.165, 1.54) is 5.56 Å². The topological polar surface area (TPSA) is 95.4 Å². The molecule has 0 radical (unpaired) electrons. The molecular formula is C33H43N3O5. The van der Waals surface area contributed by atoms with E-state index in [9.17, 15) is 15.0 Å². The maximum absolute atomic E-state index is 12.6. The van der Waals surface area contributed by atoms with Crippen molar-refractivity contribution in [3.05, 3.63) is 71.4 Å². The molecule has 220 valence electrons. The van der Waals surface area contributed by atoms with Crippen molar-refractivity contribution >= 4 is 16.9 Å². The smallest absolute Gasteiger partial charge is 0.309 e. The molecule has 3 aromatic rings. The highest BCUT2D eigenvalue weighted by atomic mass is 16.5. The fourth-order valence-electron chi connectivity index (χ4n) is 6.36. The van der Waals surface area contributed by atoms with Gasteiger partial charge in [-0.1, -0.05) is 30.3 Å². The summed E-state index contributed by atoms with van der Waals surface area (Å²) >= 11 is 0. The molecule has 3 heterocycles. The summed E-state index contributed by atoms with van der Waals surface area (Å²) in [4.78, 5) is 22.0. The number of methoxy groups -OCH3 is 1. The minimum Gasteiger partial charge on any atom is -0.497 e. The van der Waals surface area contributed by atoms with Crippen LogP contribution in [0.5, 0.6) is 5.75 Å². The molecule has 1 atom stereocenters. The first-order chi connectivity index (χ1) is 20.0. The van der Waals surface area contributed by atoms with Gasteiger partial charge in [-0.15, -0.1) is 0 Å². The van der Waals surface area contributed by atoms with Crippen molar-refractivity contribution in [2.24, 2.45) is 5.41 Å². The number of aliphatic carboxylic acids is 1. The zero-order valence-electron chi connectivity index (χ0n) is 24.1. The number of morpholine rings is 1. The van der Waals surface area contributed by atoms with Crippen molar-refractivity contribution < 1.29 is 24.5 Å². The minimum atomic E-state index is -0.818. The Balaban J connectivity index is 1.27. The van der Waals surface area contributed by atoms with Gasteiger partial charge in [-0.25, -0.2) is 0 Å². The fraction of sp³-hybridized carbons (Fsp3) is 0.515. The van der Waals surface area contributed by atoms with Crippen molar-refractivity contribution in [3.8, 4) is 5.75 Å². The highest BCUT2D eigenvalue weighted by Gasteiger charge is 2.41. The lowest BCUT2D eigenvalue weighted by Crippen LogP contribution is -2.44. The number of aliphatic hydroxyl groups excluding tert-OH is 1. The summed E-state index contributed by atoms with van der Waals surface area (Å²) in [5.41, 5.74) is 3.12. The van der Waals surface area contributed by atoms with Crippen LogP contribution in [0.2, 0.25) is 0 Å². The van der Waals surface area contributed by atoms with E-state index in [-0.39, 0.29) is 0 Å². The Morgan fingerprint density at radius 2 is 1.83 bits per heavy atom. The number of aryl methyl sites for hydroxylation is 1. The van der Waals surface area contributed by atoms with Crippen LogP contribution in [-0.2, 0) is 22.5 Å². The van der Waals surface area contributed by atoms with Gasteiger partial charge in [0, 0.05) is 31.2 Å². The van der Waals surface area contributed by atoms with Crippen molar-refractivity contribution in [1.82, 2.24) is 14.8 Å². The lowest BCUT2D eigenvalue weighted by molar-refractivity contribution is -0.153. The molecule has 2 aromatic carbocycles. The Bertz CT molecular complexity index is 1290. The van der Waals surface area contributed by atoms with E-state index in [1.54, 1.807) is 7.11 Å². The Morgan fingerprint density at radius 3 is 2.54 bits per heavy atom. The first-order valence-corrected chi connectivity index (χ1v) is 14.9. The number of fused-ring (bicyclic) bond motifs is 1. The zero-order valence-corrected chi connectivity index (χ0v) is 24.1. The van der Waals surface area contributed by atoms with E-state index in [0.717, 1.165) is 67.6 Å². The standard InChI is InChI=1S/C33H43N3O5/c1-40-27-9-10-29-28(22-27)31(26(23-34-29)24-36-18-20-41-21-19-36)30(37)11-12-33(32(38)39)13-16-35(17-14-33)15-5-8-25-6-3-2-4-7-25/h2-4,6-7,9-10,22-23,30,37H,5,8,11-21,24H2,1H3,(H,38,39). The Labute approximate surface area is 242 Å². The maximum atomic E-state index is 12.6. The summed E-state index contributed by atoms with van der Waals surface area (Å²) in [5, 5.41) is 22.9. The van der Waals surface area contributed by atoms with Gasteiger partial charge in [0.05, 0.1) is 37.4 Å². The third kappa shape index (κ3) is 7.25. The first-order valence-electron chi connectivity index (χ1n) is 14.9. The van der Waals surface area contributed by atoms with Gasteiger partial charge in [0.2, 0.25) is 0 Å². The van der Waals surface area contributed by atoms with E-state index in [1.807, 2.05) is 30.5 Å². The number of aliphatic hydroxyl groups is 1. The summed E-state index contributed by atoms with van der Waals surface area (Å²) in [6, 6.07) is 16.2. The molecule has 41 heavy (non-hydrogen) atoms. The summed E-state index contributed by atoms with van der Waals surface area (Å²) in [6.45, 7) is 6.23. The van der Waals surface area contributed by atoms with Gasteiger partial charge in [-0.2, -0.15) is 0 Å². The van der Waals surface area contributed by atoms with Crippen LogP contribution in [0.25, 0.3) is 10.9 Å². The third-order valence-electron chi connectivity index (χ3n) is 8.98. The number of benzene rings is 2. The number of ether oxygens (including phenoxy) is 2. The quantitative estimate of drug-likeness (QED) is 0.329. The van der Waals surface area contributed by atoms with Crippen LogP contribution in [0.1, 0.15) is 54.9 Å². The van der Waals surface area contributed by atoms with Crippen LogP contribution < -0.4 is 4.74 Å². The number of carboxylic acid groups (broad SMARTS) is 1. The number of carboxylic acids is 1. The van der Waals surface area contributed by atoms with Gasteiger partial charge in [0.1, 0.15) is 5.75 Å². The van der Waals surface area contributed by atoms with Crippen molar-refractivity contribution in [2.45, 2.75) is 51.2 Å². The number of hydrogen-bond acceptors (Lipinski definition) is 7. The average molecular weight is 562 g/mol. The molecule has 0 bridgehead atoms. The molecule has 0 aliphatic carbocycles. The van der Waals surface area contributed by atoms with Gasteiger partial charge < -0.3 is 24.6 Å². The summed E-state index contributed by atoms with van der Waals surface area (Å²) in [5.74, 6) is -0.0404. The molecule has 1 unspecified atom stereocenters. The number of hydrogen-bond donors (Lipinski definition) is 2. The zero-order chi connectivity index (χ0) is 28.7. The van der Waals surface area contributed by atoms with E-state index < -0.39 is 17.5 Å². The van der Waals surface area contributed by atoms with E-state index in [2.05, 4.69) is 39.0 Å². The van der Waals surface area contributed by atoms with E-state index in [4.69, 9.17) is 9.47 Å². The Hall–Kier alpha value is -3.04. The highest BCUT2D eigenvalue weighted by molar-refractivity contribution is 5.85. The molecule has 1 aromatic heterocycles. The Kier molecular flexibility index (Phi) is 9.88. The van der Waals surface area contributed by atoms with Crippen molar-refractivity contribution in [2.75, 3.05) is 53.0 Å². The average Bonchev–Trinajstić information content (AvgIpc) is 3.01. The monoisotopic (exact) mass is 561 g/mol. The van der Waals surface area contributed by atoms with Gasteiger partial charge in [0.25, 0.3) is 0 Å². The predicted molar refractivity (Wildman–Crippen MR) is 159 cm³/mol. The molecule has 2 aliphatic heterocycles. The normalized spacial score (nSPS) is 18.8. The molecule has 2 fully saturated rings. The number of piperidine rings is 1. The van der Waals surface area contributed by atoms with Crippen molar-refractivity contribution in [1.29, 1.82) is 0 Å². The minimum absolute atomic E-state index is 0.382. The largest absolute Gasteiger partial charge is 0.497 e. The maximum Gasteiger partial charge on any atom is 0.309 e. The molecule has 8 nitrogen and oxygen atoms in total. The van der Waals surface area contributed by atoms with Gasteiger partial charge >= 0.3 is 5.97 Å². The second-order valence-electron chi connectivity index (χ2n) is 11.5. The lowest BCUT2D eigenvalue weighted by atomic mass is 9.73. The molecule has 8 heteroatoms. The molecule has 0 saturated carbocycles. The first kappa shape index (κ1) is 29.5. The van der Waals surface area contributed by atoms with Gasteiger partial charge in [-0.05, 0) is 93.0 Å². The summed E-state index contributed by atoms with van der Waals surface area (Å²) in [6.07, 6.45) is 5.18.